The van der Waals surface area contributed by atoms with E-state index in [0.29, 0.717) is 6.54 Å². The van der Waals surface area contributed by atoms with Crippen LogP contribution in [0.2, 0.25) is 0 Å². The Hall–Kier alpha value is -1.08. The summed E-state index contributed by atoms with van der Waals surface area (Å²) in [4.78, 5) is 20.0. The van der Waals surface area contributed by atoms with Gasteiger partial charge in [0.1, 0.15) is 0 Å². The highest BCUT2D eigenvalue weighted by atomic mass is 32.2. The van der Waals surface area contributed by atoms with Crippen molar-refractivity contribution in [1.82, 2.24) is 14.7 Å². The van der Waals surface area contributed by atoms with Gasteiger partial charge in [-0.2, -0.15) is 11.8 Å². The van der Waals surface area contributed by atoms with Crippen molar-refractivity contribution in [3.8, 4) is 0 Å². The molecule has 3 fully saturated rings. The maximum absolute atomic E-state index is 12.6. The lowest BCUT2D eigenvalue weighted by Crippen LogP contribution is -2.49. The Kier molecular flexibility index (Phi) is 8.49. The van der Waals surface area contributed by atoms with Gasteiger partial charge in [-0.3, -0.25) is 14.6 Å². The number of carbonyl (C=O) groups excluding carboxylic acids is 1. The molecule has 1 N–H and O–H groups in total. The molecule has 0 aromatic heterocycles. The van der Waals surface area contributed by atoms with Crippen LogP contribution in [0.25, 0.3) is 0 Å². The van der Waals surface area contributed by atoms with E-state index in [2.05, 4.69) is 38.2 Å². The molecule has 3 aliphatic rings. The van der Waals surface area contributed by atoms with Crippen molar-refractivity contribution >= 4 is 23.4 Å². The van der Waals surface area contributed by atoms with Gasteiger partial charge in [-0.1, -0.05) is 31.4 Å². The second-order valence-corrected chi connectivity index (χ2v) is 10.4. The number of thioether (sulfide) groups is 1. The van der Waals surface area contributed by atoms with Crippen molar-refractivity contribution in [2.24, 2.45) is 5.92 Å². The lowest BCUT2D eigenvalue weighted by molar-refractivity contribution is -0.117. The van der Waals surface area contributed by atoms with E-state index < -0.39 is 0 Å². The molecule has 6 heteroatoms. The topological polar surface area (TPSA) is 38.8 Å². The number of benzene rings is 1. The van der Waals surface area contributed by atoms with Crippen LogP contribution < -0.4 is 5.32 Å². The standard InChI is InChI=1S/C24H38N4OS/c29-24(20-27-11-9-26(10-12-27)18-21-5-2-1-3-6-21)25-23-8-4-7-22(17-23)19-28-13-15-30-16-14-28/h4,7-8,17,21H,1-3,5-6,9-16,18-20H2,(H,25,29). The Bertz CT molecular complexity index is 665. The average molecular weight is 431 g/mol. The Morgan fingerprint density at radius 2 is 1.67 bits per heavy atom. The second-order valence-electron chi connectivity index (χ2n) is 9.22. The van der Waals surface area contributed by atoms with Gasteiger partial charge in [-0.25, -0.2) is 0 Å². The number of nitrogens with zero attached hydrogens (tertiary/aromatic N) is 3. The third-order valence-electron chi connectivity index (χ3n) is 6.79. The third-order valence-corrected chi connectivity index (χ3v) is 7.74. The molecule has 2 heterocycles. The molecule has 1 aliphatic carbocycles. The number of anilines is 1. The minimum absolute atomic E-state index is 0.113. The first kappa shape index (κ1) is 22.1. The summed E-state index contributed by atoms with van der Waals surface area (Å²) in [6.45, 7) is 9.30. The van der Waals surface area contributed by atoms with Gasteiger partial charge in [0.05, 0.1) is 6.54 Å². The smallest absolute Gasteiger partial charge is 0.238 e. The van der Waals surface area contributed by atoms with E-state index in [9.17, 15) is 4.79 Å². The highest BCUT2D eigenvalue weighted by molar-refractivity contribution is 7.99. The first-order valence-corrected chi connectivity index (χ1v) is 13.0. The molecule has 1 aromatic rings. The van der Waals surface area contributed by atoms with Crippen LogP contribution in [-0.4, -0.2) is 84.5 Å². The van der Waals surface area contributed by atoms with Crippen LogP contribution >= 0.6 is 11.8 Å². The molecule has 0 unspecified atom stereocenters. The molecule has 1 aromatic carbocycles. The normalized spacial score (nSPS) is 22.8. The average Bonchev–Trinajstić information content (AvgIpc) is 2.77. The van der Waals surface area contributed by atoms with Crippen molar-refractivity contribution in [2.45, 2.75) is 38.6 Å². The number of amides is 1. The molecular formula is C24H38N4OS. The lowest BCUT2D eigenvalue weighted by Gasteiger charge is -2.37. The fourth-order valence-corrected chi connectivity index (χ4v) is 6.01. The summed E-state index contributed by atoms with van der Waals surface area (Å²) in [5.41, 5.74) is 2.22. The maximum atomic E-state index is 12.6. The predicted molar refractivity (Wildman–Crippen MR) is 127 cm³/mol. The molecule has 1 saturated carbocycles. The van der Waals surface area contributed by atoms with Gasteiger partial charge in [0.2, 0.25) is 5.91 Å². The fourth-order valence-electron chi connectivity index (χ4n) is 5.03. The van der Waals surface area contributed by atoms with Crippen LogP contribution in [0, 0.1) is 5.92 Å². The van der Waals surface area contributed by atoms with Gasteiger partial charge in [0.15, 0.2) is 0 Å². The van der Waals surface area contributed by atoms with E-state index in [1.165, 1.54) is 55.7 Å². The largest absolute Gasteiger partial charge is 0.325 e. The van der Waals surface area contributed by atoms with E-state index in [1.807, 2.05) is 17.8 Å². The molecular weight excluding hydrogens is 392 g/mol. The Labute approximate surface area is 186 Å². The SMILES string of the molecule is O=C(CN1CCN(CC2CCCCC2)CC1)Nc1cccc(CN2CCSCC2)c1. The van der Waals surface area contributed by atoms with Crippen molar-refractivity contribution in [2.75, 3.05) is 69.2 Å². The minimum Gasteiger partial charge on any atom is -0.325 e. The number of hydrogen-bond donors (Lipinski definition) is 1. The third kappa shape index (κ3) is 6.98. The lowest BCUT2D eigenvalue weighted by atomic mass is 9.89. The highest BCUT2D eigenvalue weighted by Crippen LogP contribution is 2.24. The van der Waals surface area contributed by atoms with Gasteiger partial charge in [-0.05, 0) is 36.5 Å². The summed E-state index contributed by atoms with van der Waals surface area (Å²) in [6, 6.07) is 8.38. The summed E-state index contributed by atoms with van der Waals surface area (Å²) in [5, 5.41) is 3.13. The van der Waals surface area contributed by atoms with Crippen molar-refractivity contribution in [1.29, 1.82) is 0 Å². The Morgan fingerprint density at radius 1 is 0.933 bits per heavy atom. The van der Waals surface area contributed by atoms with Gasteiger partial charge in [0, 0.05) is 69.6 Å². The number of hydrogen-bond acceptors (Lipinski definition) is 5. The first-order chi connectivity index (χ1) is 14.7. The Balaban J connectivity index is 1.18. The van der Waals surface area contributed by atoms with E-state index in [1.54, 1.807) is 0 Å². The summed E-state index contributed by atoms with van der Waals surface area (Å²) in [6.07, 6.45) is 7.10. The molecule has 2 saturated heterocycles. The Morgan fingerprint density at radius 3 is 2.43 bits per heavy atom. The van der Waals surface area contributed by atoms with Crippen LogP contribution in [0.5, 0.6) is 0 Å². The molecule has 5 nitrogen and oxygen atoms in total. The zero-order chi connectivity index (χ0) is 20.6. The second kappa shape index (κ2) is 11.5. The van der Waals surface area contributed by atoms with Gasteiger partial charge >= 0.3 is 0 Å². The van der Waals surface area contributed by atoms with Crippen LogP contribution in [0.15, 0.2) is 24.3 Å². The van der Waals surface area contributed by atoms with Crippen molar-refractivity contribution < 1.29 is 4.79 Å². The number of rotatable bonds is 7. The summed E-state index contributed by atoms with van der Waals surface area (Å²) in [5.74, 6) is 3.47. The number of piperazine rings is 1. The molecule has 4 rings (SSSR count). The quantitative estimate of drug-likeness (QED) is 0.718. The predicted octanol–water partition coefficient (Wildman–Crippen LogP) is 3.37. The summed E-state index contributed by atoms with van der Waals surface area (Å²) >= 11 is 2.04. The molecule has 0 spiro atoms. The van der Waals surface area contributed by atoms with E-state index in [-0.39, 0.29) is 5.91 Å². The van der Waals surface area contributed by atoms with Crippen LogP contribution in [0.4, 0.5) is 5.69 Å². The zero-order valence-corrected chi connectivity index (χ0v) is 19.2. The van der Waals surface area contributed by atoms with E-state index in [0.717, 1.165) is 57.4 Å². The van der Waals surface area contributed by atoms with E-state index >= 15 is 0 Å². The molecule has 1 amide bonds. The van der Waals surface area contributed by atoms with Crippen LogP contribution in [0.3, 0.4) is 0 Å². The molecule has 0 atom stereocenters. The number of nitrogens with one attached hydrogen (secondary N) is 1. The molecule has 30 heavy (non-hydrogen) atoms. The van der Waals surface area contributed by atoms with Gasteiger partial charge < -0.3 is 10.2 Å². The van der Waals surface area contributed by atoms with E-state index in [4.69, 9.17) is 0 Å². The van der Waals surface area contributed by atoms with Gasteiger partial charge in [-0.15, -0.1) is 0 Å². The highest BCUT2D eigenvalue weighted by Gasteiger charge is 2.22. The summed E-state index contributed by atoms with van der Waals surface area (Å²) < 4.78 is 0. The summed E-state index contributed by atoms with van der Waals surface area (Å²) in [7, 11) is 0. The monoisotopic (exact) mass is 430 g/mol. The van der Waals surface area contributed by atoms with Crippen molar-refractivity contribution in [3.05, 3.63) is 29.8 Å². The van der Waals surface area contributed by atoms with Gasteiger partial charge in [0.25, 0.3) is 0 Å². The molecule has 166 valence electrons. The van der Waals surface area contributed by atoms with Crippen LogP contribution in [-0.2, 0) is 11.3 Å². The van der Waals surface area contributed by atoms with Crippen molar-refractivity contribution in [3.63, 3.8) is 0 Å². The maximum Gasteiger partial charge on any atom is 0.238 e. The number of carbonyl (C=O) groups is 1. The van der Waals surface area contributed by atoms with Crippen LogP contribution in [0.1, 0.15) is 37.7 Å². The minimum atomic E-state index is 0.113. The molecule has 0 bridgehead atoms. The fraction of sp³-hybridized carbons (Fsp3) is 0.708. The molecule has 0 radical (unpaired) electrons. The molecule has 2 aliphatic heterocycles. The zero-order valence-electron chi connectivity index (χ0n) is 18.4. The first-order valence-electron chi connectivity index (χ1n) is 11.9.